The molecule has 0 amide bonds. The van der Waals surface area contributed by atoms with E-state index in [4.69, 9.17) is 4.74 Å². The fourth-order valence-corrected chi connectivity index (χ4v) is 2.79. The van der Waals surface area contributed by atoms with Crippen LogP contribution < -0.4 is 4.74 Å². The molecule has 2 heteroatoms. The van der Waals surface area contributed by atoms with Gasteiger partial charge in [0.1, 0.15) is 12.0 Å². The molecule has 0 radical (unpaired) electrons. The van der Waals surface area contributed by atoms with E-state index in [2.05, 4.69) is 19.1 Å². The summed E-state index contributed by atoms with van der Waals surface area (Å²) >= 11 is 0. The molecule has 1 aliphatic rings. The number of ether oxygens (including phenoxy) is 1. The minimum atomic E-state index is 0.324. The standard InChI is InChI=1S/C15H20O2/c1-11(9-10-16)12-7-8-15(17-2)14-6-4-3-5-13(12)14/h7-8,10-11H,3-6,9H2,1-2H3. The molecule has 1 aliphatic carbocycles. The van der Waals surface area contributed by atoms with Crippen molar-refractivity contribution in [3.8, 4) is 5.75 Å². The van der Waals surface area contributed by atoms with Crippen LogP contribution in [0.5, 0.6) is 5.75 Å². The van der Waals surface area contributed by atoms with Crippen molar-refractivity contribution in [2.45, 2.75) is 44.9 Å². The Bertz CT molecular complexity index is 410. The normalized spacial score (nSPS) is 16.1. The zero-order chi connectivity index (χ0) is 12.3. The van der Waals surface area contributed by atoms with Crippen LogP contribution in [0.4, 0.5) is 0 Å². The number of rotatable bonds is 4. The summed E-state index contributed by atoms with van der Waals surface area (Å²) in [4.78, 5) is 10.7. The number of hydrogen-bond acceptors (Lipinski definition) is 2. The average Bonchev–Trinajstić information content (AvgIpc) is 2.37. The van der Waals surface area contributed by atoms with Crippen molar-refractivity contribution >= 4 is 6.29 Å². The van der Waals surface area contributed by atoms with Crippen LogP contribution in [-0.2, 0) is 17.6 Å². The fourth-order valence-electron chi connectivity index (χ4n) is 2.79. The summed E-state index contributed by atoms with van der Waals surface area (Å²) in [5.74, 6) is 1.34. The van der Waals surface area contributed by atoms with Crippen LogP contribution in [0.15, 0.2) is 12.1 Å². The smallest absolute Gasteiger partial charge is 0.122 e. The molecule has 2 rings (SSSR count). The predicted molar refractivity (Wildman–Crippen MR) is 68.7 cm³/mol. The van der Waals surface area contributed by atoms with Crippen LogP contribution in [0, 0.1) is 0 Å². The van der Waals surface area contributed by atoms with E-state index in [1.807, 2.05) is 0 Å². The van der Waals surface area contributed by atoms with Gasteiger partial charge in [0.2, 0.25) is 0 Å². The highest BCUT2D eigenvalue weighted by molar-refractivity contribution is 5.54. The maximum absolute atomic E-state index is 10.7. The topological polar surface area (TPSA) is 26.3 Å². The van der Waals surface area contributed by atoms with Gasteiger partial charge < -0.3 is 9.53 Å². The van der Waals surface area contributed by atoms with Crippen molar-refractivity contribution in [3.63, 3.8) is 0 Å². The molecule has 0 spiro atoms. The molecule has 1 aromatic rings. The molecule has 2 nitrogen and oxygen atoms in total. The second-order valence-corrected chi connectivity index (χ2v) is 4.82. The van der Waals surface area contributed by atoms with Crippen molar-refractivity contribution in [2.75, 3.05) is 7.11 Å². The van der Waals surface area contributed by atoms with E-state index in [9.17, 15) is 4.79 Å². The predicted octanol–water partition coefficient (Wildman–Crippen LogP) is 3.27. The van der Waals surface area contributed by atoms with E-state index in [-0.39, 0.29) is 0 Å². The lowest BCUT2D eigenvalue weighted by Crippen LogP contribution is -2.10. The monoisotopic (exact) mass is 232 g/mol. The lowest BCUT2D eigenvalue weighted by Gasteiger charge is -2.24. The van der Waals surface area contributed by atoms with Gasteiger partial charge in [-0.05, 0) is 54.4 Å². The molecule has 1 aromatic carbocycles. The summed E-state index contributed by atoms with van der Waals surface area (Å²) in [6.07, 6.45) is 6.37. The molecular weight excluding hydrogens is 212 g/mol. The Labute approximate surface area is 103 Å². The summed E-state index contributed by atoms with van der Waals surface area (Å²) in [5.41, 5.74) is 4.14. The molecule has 92 valence electrons. The quantitative estimate of drug-likeness (QED) is 0.745. The number of hydrogen-bond donors (Lipinski definition) is 0. The van der Waals surface area contributed by atoms with Crippen LogP contribution in [0.25, 0.3) is 0 Å². The van der Waals surface area contributed by atoms with Gasteiger partial charge in [-0.25, -0.2) is 0 Å². The van der Waals surface area contributed by atoms with Gasteiger partial charge in [0.25, 0.3) is 0 Å². The van der Waals surface area contributed by atoms with E-state index in [0.29, 0.717) is 12.3 Å². The Hall–Kier alpha value is -1.31. The molecular formula is C15H20O2. The van der Waals surface area contributed by atoms with Crippen LogP contribution in [-0.4, -0.2) is 13.4 Å². The number of benzene rings is 1. The fraction of sp³-hybridized carbons (Fsp3) is 0.533. The molecule has 1 atom stereocenters. The summed E-state index contributed by atoms with van der Waals surface area (Å²) in [6, 6.07) is 4.19. The molecule has 0 fully saturated rings. The lowest BCUT2D eigenvalue weighted by atomic mass is 9.83. The third-order valence-corrected chi connectivity index (χ3v) is 3.73. The molecule has 0 aliphatic heterocycles. The van der Waals surface area contributed by atoms with Gasteiger partial charge >= 0.3 is 0 Å². The second-order valence-electron chi connectivity index (χ2n) is 4.82. The van der Waals surface area contributed by atoms with Crippen LogP contribution in [0.3, 0.4) is 0 Å². The van der Waals surface area contributed by atoms with E-state index >= 15 is 0 Å². The van der Waals surface area contributed by atoms with Gasteiger partial charge in [-0.1, -0.05) is 13.0 Å². The van der Waals surface area contributed by atoms with Gasteiger partial charge in [-0.2, -0.15) is 0 Å². The molecule has 0 heterocycles. The number of methoxy groups -OCH3 is 1. The molecule has 1 unspecified atom stereocenters. The van der Waals surface area contributed by atoms with E-state index < -0.39 is 0 Å². The number of carbonyl (C=O) groups is 1. The van der Waals surface area contributed by atoms with Gasteiger partial charge in [0.05, 0.1) is 7.11 Å². The van der Waals surface area contributed by atoms with Crippen molar-refractivity contribution < 1.29 is 9.53 Å². The van der Waals surface area contributed by atoms with Crippen LogP contribution in [0.2, 0.25) is 0 Å². The Balaban J connectivity index is 2.43. The second kappa shape index (κ2) is 5.35. The zero-order valence-electron chi connectivity index (χ0n) is 10.7. The highest BCUT2D eigenvalue weighted by Crippen LogP contribution is 2.35. The van der Waals surface area contributed by atoms with Crippen molar-refractivity contribution in [1.29, 1.82) is 0 Å². The third kappa shape index (κ3) is 2.36. The number of fused-ring (bicyclic) bond motifs is 1. The van der Waals surface area contributed by atoms with Gasteiger partial charge in [0.15, 0.2) is 0 Å². The Kier molecular flexibility index (Phi) is 3.82. The number of carbonyl (C=O) groups excluding carboxylic acids is 1. The van der Waals surface area contributed by atoms with Crippen molar-refractivity contribution in [3.05, 3.63) is 28.8 Å². The first-order chi connectivity index (χ1) is 8.27. The summed E-state index contributed by atoms with van der Waals surface area (Å²) in [5, 5.41) is 0. The Morgan fingerprint density at radius 2 is 2.00 bits per heavy atom. The van der Waals surface area contributed by atoms with E-state index in [1.54, 1.807) is 7.11 Å². The summed E-state index contributed by atoms with van der Waals surface area (Å²) < 4.78 is 5.44. The first kappa shape index (κ1) is 12.2. The third-order valence-electron chi connectivity index (χ3n) is 3.73. The first-order valence-corrected chi connectivity index (χ1v) is 6.40. The molecule has 0 saturated heterocycles. The van der Waals surface area contributed by atoms with Gasteiger partial charge in [0, 0.05) is 6.42 Å². The minimum Gasteiger partial charge on any atom is -0.496 e. The van der Waals surface area contributed by atoms with Gasteiger partial charge in [-0.3, -0.25) is 0 Å². The SMILES string of the molecule is COc1ccc(C(C)CC=O)c2c1CCCC2. The maximum atomic E-state index is 10.7. The average molecular weight is 232 g/mol. The highest BCUT2D eigenvalue weighted by Gasteiger charge is 2.20. The van der Waals surface area contributed by atoms with Crippen molar-refractivity contribution in [1.82, 2.24) is 0 Å². The molecule has 17 heavy (non-hydrogen) atoms. The van der Waals surface area contributed by atoms with Crippen molar-refractivity contribution in [2.24, 2.45) is 0 Å². The largest absolute Gasteiger partial charge is 0.496 e. The number of aldehydes is 1. The van der Waals surface area contributed by atoms with Crippen LogP contribution in [0.1, 0.15) is 48.8 Å². The molecule has 0 saturated carbocycles. The summed E-state index contributed by atoms with van der Waals surface area (Å²) in [6.45, 7) is 2.13. The molecule has 0 aromatic heterocycles. The minimum absolute atomic E-state index is 0.324. The molecule has 0 bridgehead atoms. The van der Waals surface area contributed by atoms with Gasteiger partial charge in [-0.15, -0.1) is 0 Å². The first-order valence-electron chi connectivity index (χ1n) is 6.40. The Morgan fingerprint density at radius 1 is 1.29 bits per heavy atom. The maximum Gasteiger partial charge on any atom is 0.122 e. The zero-order valence-corrected chi connectivity index (χ0v) is 10.7. The molecule has 0 N–H and O–H groups in total. The lowest BCUT2D eigenvalue weighted by molar-refractivity contribution is -0.108. The summed E-state index contributed by atoms with van der Waals surface area (Å²) in [7, 11) is 1.73. The van der Waals surface area contributed by atoms with E-state index in [0.717, 1.165) is 24.9 Å². The van der Waals surface area contributed by atoms with Crippen LogP contribution >= 0.6 is 0 Å². The Morgan fingerprint density at radius 3 is 2.65 bits per heavy atom. The highest BCUT2D eigenvalue weighted by atomic mass is 16.5. The van der Waals surface area contributed by atoms with E-state index in [1.165, 1.54) is 29.5 Å².